The predicted octanol–water partition coefficient (Wildman–Crippen LogP) is 5.21. The van der Waals surface area contributed by atoms with Crippen LogP contribution >= 0.6 is 0 Å². The Morgan fingerprint density at radius 2 is 1.88 bits per heavy atom. The summed E-state index contributed by atoms with van der Waals surface area (Å²) in [5.74, 6) is 0.563. The standard InChI is InChI=1S/C26H27FN4O/c1-2-6-22(20-7-4-3-5-8-20)30-26(32)14-13-25-29-23-15-16-28-17-24(23)31(25)18-19-9-11-21(27)12-10-19/h3-5,7-12,15-17,22H,2,6,13-14,18H2,1H3,(H,30,32)/t22-/m0/s1. The molecule has 2 aromatic carbocycles. The van der Waals surface area contributed by atoms with Crippen LogP contribution in [0.3, 0.4) is 0 Å². The van der Waals surface area contributed by atoms with Gasteiger partial charge < -0.3 is 9.88 Å². The van der Waals surface area contributed by atoms with E-state index in [1.807, 2.05) is 24.3 Å². The summed E-state index contributed by atoms with van der Waals surface area (Å²) in [7, 11) is 0. The SMILES string of the molecule is CCC[C@H](NC(=O)CCc1nc2ccncc2n1Cc1ccc(F)cc1)c1ccccc1. The van der Waals surface area contributed by atoms with Crippen molar-refractivity contribution in [2.75, 3.05) is 0 Å². The van der Waals surface area contributed by atoms with Gasteiger partial charge in [-0.3, -0.25) is 9.78 Å². The predicted molar refractivity (Wildman–Crippen MR) is 124 cm³/mol. The van der Waals surface area contributed by atoms with Gasteiger partial charge in [0.15, 0.2) is 0 Å². The molecule has 0 aliphatic heterocycles. The second kappa shape index (κ2) is 10.2. The molecule has 0 unspecified atom stereocenters. The first-order valence-electron chi connectivity index (χ1n) is 11.0. The summed E-state index contributed by atoms with van der Waals surface area (Å²) in [6.07, 6.45) is 6.22. The lowest BCUT2D eigenvalue weighted by molar-refractivity contribution is -0.121. The van der Waals surface area contributed by atoms with E-state index in [9.17, 15) is 9.18 Å². The molecular formula is C26H27FN4O. The maximum Gasteiger partial charge on any atom is 0.220 e. The number of hydrogen-bond donors (Lipinski definition) is 1. The fraction of sp³-hybridized carbons (Fsp3) is 0.269. The molecule has 2 heterocycles. The molecule has 6 heteroatoms. The third kappa shape index (κ3) is 5.19. The van der Waals surface area contributed by atoms with Gasteiger partial charge in [-0.25, -0.2) is 9.37 Å². The Hall–Kier alpha value is -3.54. The van der Waals surface area contributed by atoms with Gasteiger partial charge in [-0.1, -0.05) is 55.8 Å². The van der Waals surface area contributed by atoms with Crippen molar-refractivity contribution in [2.24, 2.45) is 0 Å². The van der Waals surface area contributed by atoms with E-state index < -0.39 is 0 Å². The molecule has 4 aromatic rings. The number of fused-ring (bicyclic) bond motifs is 1. The number of rotatable bonds is 9. The molecule has 0 radical (unpaired) electrons. The lowest BCUT2D eigenvalue weighted by atomic mass is 10.0. The highest BCUT2D eigenvalue weighted by Gasteiger charge is 2.16. The van der Waals surface area contributed by atoms with Crippen LogP contribution in [0.2, 0.25) is 0 Å². The number of halogens is 1. The summed E-state index contributed by atoms with van der Waals surface area (Å²) in [5, 5.41) is 3.18. The van der Waals surface area contributed by atoms with Crippen LogP contribution in [0.25, 0.3) is 11.0 Å². The molecule has 5 nitrogen and oxygen atoms in total. The molecule has 0 fully saturated rings. The highest BCUT2D eigenvalue weighted by atomic mass is 19.1. The minimum Gasteiger partial charge on any atom is -0.349 e. The van der Waals surface area contributed by atoms with Crippen molar-refractivity contribution in [3.05, 3.63) is 95.8 Å². The Labute approximate surface area is 187 Å². The number of benzene rings is 2. The van der Waals surface area contributed by atoms with Crippen LogP contribution in [0.15, 0.2) is 73.1 Å². The molecule has 0 saturated heterocycles. The maximum atomic E-state index is 13.3. The lowest BCUT2D eigenvalue weighted by Gasteiger charge is -2.18. The fourth-order valence-electron chi connectivity index (χ4n) is 3.95. The first-order chi connectivity index (χ1) is 15.6. The largest absolute Gasteiger partial charge is 0.349 e. The molecule has 4 rings (SSSR count). The summed E-state index contributed by atoms with van der Waals surface area (Å²) in [4.78, 5) is 21.8. The number of aromatic nitrogens is 3. The monoisotopic (exact) mass is 430 g/mol. The van der Waals surface area contributed by atoms with Crippen molar-refractivity contribution in [1.29, 1.82) is 0 Å². The summed E-state index contributed by atoms with van der Waals surface area (Å²) < 4.78 is 15.4. The van der Waals surface area contributed by atoms with Crippen molar-refractivity contribution in [2.45, 2.75) is 45.2 Å². The molecule has 0 aliphatic rings. The van der Waals surface area contributed by atoms with Gasteiger partial charge >= 0.3 is 0 Å². The van der Waals surface area contributed by atoms with Crippen LogP contribution in [0.1, 0.15) is 49.2 Å². The number of carbonyl (C=O) groups excluding carboxylic acids is 1. The molecule has 0 bridgehead atoms. The lowest BCUT2D eigenvalue weighted by Crippen LogP contribution is -2.29. The van der Waals surface area contributed by atoms with Crippen LogP contribution in [-0.2, 0) is 17.8 Å². The van der Waals surface area contributed by atoms with Gasteiger partial charge in [0.05, 0.1) is 23.3 Å². The average molecular weight is 431 g/mol. The first kappa shape index (κ1) is 21.7. The quantitative estimate of drug-likeness (QED) is 0.397. The molecule has 0 saturated carbocycles. The van der Waals surface area contributed by atoms with Crippen molar-refractivity contribution < 1.29 is 9.18 Å². The van der Waals surface area contributed by atoms with E-state index >= 15 is 0 Å². The Morgan fingerprint density at radius 1 is 1.09 bits per heavy atom. The fourth-order valence-corrected chi connectivity index (χ4v) is 3.95. The number of hydrogen-bond acceptors (Lipinski definition) is 3. The van der Waals surface area contributed by atoms with Crippen molar-refractivity contribution in [1.82, 2.24) is 19.9 Å². The maximum absolute atomic E-state index is 13.3. The number of carbonyl (C=O) groups is 1. The Morgan fingerprint density at radius 3 is 2.62 bits per heavy atom. The Kier molecular flexibility index (Phi) is 6.90. The van der Waals surface area contributed by atoms with E-state index in [-0.39, 0.29) is 17.8 Å². The second-order valence-electron chi connectivity index (χ2n) is 7.92. The minimum atomic E-state index is -0.261. The molecule has 1 N–H and O–H groups in total. The van der Waals surface area contributed by atoms with Crippen LogP contribution in [0.5, 0.6) is 0 Å². The molecule has 2 aromatic heterocycles. The number of nitrogens with zero attached hydrogens (tertiary/aromatic N) is 3. The zero-order valence-electron chi connectivity index (χ0n) is 18.2. The number of nitrogens with one attached hydrogen (secondary N) is 1. The zero-order chi connectivity index (χ0) is 22.3. The average Bonchev–Trinajstić information content (AvgIpc) is 3.17. The van der Waals surface area contributed by atoms with Crippen LogP contribution in [-0.4, -0.2) is 20.4 Å². The molecule has 1 amide bonds. The van der Waals surface area contributed by atoms with Gasteiger partial charge in [-0.05, 0) is 35.7 Å². The van der Waals surface area contributed by atoms with Gasteiger partial charge in [0.2, 0.25) is 5.91 Å². The van der Waals surface area contributed by atoms with Gasteiger partial charge in [-0.15, -0.1) is 0 Å². The molecule has 0 aliphatic carbocycles. The van der Waals surface area contributed by atoms with Crippen LogP contribution in [0.4, 0.5) is 4.39 Å². The number of amides is 1. The normalized spacial score (nSPS) is 12.1. The van der Waals surface area contributed by atoms with E-state index in [1.54, 1.807) is 24.5 Å². The zero-order valence-corrected chi connectivity index (χ0v) is 18.2. The van der Waals surface area contributed by atoms with Gasteiger partial charge in [0.1, 0.15) is 11.6 Å². The van der Waals surface area contributed by atoms with E-state index in [1.165, 1.54) is 12.1 Å². The van der Waals surface area contributed by atoms with Crippen molar-refractivity contribution >= 4 is 16.9 Å². The topological polar surface area (TPSA) is 59.8 Å². The third-order valence-corrected chi connectivity index (χ3v) is 5.57. The summed E-state index contributed by atoms with van der Waals surface area (Å²) >= 11 is 0. The van der Waals surface area contributed by atoms with Gasteiger partial charge in [0.25, 0.3) is 0 Å². The number of imidazole rings is 1. The van der Waals surface area contributed by atoms with Gasteiger partial charge in [0, 0.05) is 25.6 Å². The summed E-state index contributed by atoms with van der Waals surface area (Å²) in [6, 6.07) is 18.4. The van der Waals surface area contributed by atoms with E-state index in [0.717, 1.165) is 40.8 Å². The van der Waals surface area contributed by atoms with E-state index in [0.29, 0.717) is 19.4 Å². The Bertz CT molecular complexity index is 1170. The second-order valence-corrected chi connectivity index (χ2v) is 7.92. The smallest absolute Gasteiger partial charge is 0.220 e. The summed E-state index contributed by atoms with van der Waals surface area (Å²) in [5.41, 5.74) is 3.83. The Balaban J connectivity index is 1.50. The number of pyridine rings is 1. The molecule has 164 valence electrons. The molecular weight excluding hydrogens is 403 g/mol. The third-order valence-electron chi connectivity index (χ3n) is 5.57. The van der Waals surface area contributed by atoms with Gasteiger partial charge in [-0.2, -0.15) is 0 Å². The van der Waals surface area contributed by atoms with E-state index in [4.69, 9.17) is 4.98 Å². The van der Waals surface area contributed by atoms with Crippen LogP contribution < -0.4 is 5.32 Å². The highest BCUT2D eigenvalue weighted by Crippen LogP contribution is 2.20. The number of aryl methyl sites for hydroxylation is 1. The van der Waals surface area contributed by atoms with E-state index in [2.05, 4.69) is 33.9 Å². The molecule has 1 atom stereocenters. The molecule has 0 spiro atoms. The highest BCUT2D eigenvalue weighted by molar-refractivity contribution is 5.77. The van der Waals surface area contributed by atoms with Crippen molar-refractivity contribution in [3.8, 4) is 0 Å². The minimum absolute atomic E-state index is 0.00539. The molecule has 32 heavy (non-hydrogen) atoms. The first-order valence-corrected chi connectivity index (χ1v) is 11.0. The van der Waals surface area contributed by atoms with Crippen molar-refractivity contribution in [3.63, 3.8) is 0 Å². The van der Waals surface area contributed by atoms with Crippen LogP contribution in [0, 0.1) is 5.82 Å². The summed E-state index contributed by atoms with van der Waals surface area (Å²) in [6.45, 7) is 2.66.